The lowest BCUT2D eigenvalue weighted by molar-refractivity contribution is -0.113. The summed E-state index contributed by atoms with van der Waals surface area (Å²) >= 11 is 2.91. The van der Waals surface area contributed by atoms with Crippen molar-refractivity contribution in [1.82, 2.24) is 14.8 Å². The highest BCUT2D eigenvalue weighted by atomic mass is 32.2. The normalized spacial score (nSPS) is 10.8. The van der Waals surface area contributed by atoms with Gasteiger partial charge in [0, 0.05) is 23.2 Å². The zero-order chi connectivity index (χ0) is 17.6. The van der Waals surface area contributed by atoms with Crippen LogP contribution in [0, 0.1) is 11.6 Å². The lowest BCUT2D eigenvalue weighted by atomic mass is 10.3. The van der Waals surface area contributed by atoms with E-state index in [0.29, 0.717) is 11.7 Å². The van der Waals surface area contributed by atoms with Crippen LogP contribution < -0.4 is 5.32 Å². The van der Waals surface area contributed by atoms with Crippen LogP contribution in [-0.2, 0) is 17.8 Å². The van der Waals surface area contributed by atoms with Crippen molar-refractivity contribution in [2.24, 2.45) is 0 Å². The minimum atomic E-state index is -0.740. The van der Waals surface area contributed by atoms with E-state index in [9.17, 15) is 13.6 Å². The summed E-state index contributed by atoms with van der Waals surface area (Å²) in [5, 5.41) is 13.0. The van der Waals surface area contributed by atoms with Gasteiger partial charge in [0.1, 0.15) is 18.0 Å². The van der Waals surface area contributed by atoms with Crippen LogP contribution in [0.1, 0.15) is 4.88 Å². The molecular formula is C16H14F2N4OS2. The Morgan fingerprint density at radius 3 is 2.80 bits per heavy atom. The van der Waals surface area contributed by atoms with E-state index in [0.717, 1.165) is 24.6 Å². The quantitative estimate of drug-likeness (QED) is 0.637. The van der Waals surface area contributed by atoms with Crippen molar-refractivity contribution in [3.05, 3.63) is 58.6 Å². The number of thioether (sulfide) groups is 1. The number of aromatic nitrogens is 3. The van der Waals surface area contributed by atoms with E-state index in [1.54, 1.807) is 17.7 Å². The van der Waals surface area contributed by atoms with Gasteiger partial charge >= 0.3 is 0 Å². The minimum Gasteiger partial charge on any atom is -0.325 e. The second kappa shape index (κ2) is 8.21. The summed E-state index contributed by atoms with van der Waals surface area (Å²) < 4.78 is 28.1. The van der Waals surface area contributed by atoms with E-state index >= 15 is 0 Å². The van der Waals surface area contributed by atoms with Crippen molar-refractivity contribution in [2.75, 3.05) is 11.1 Å². The van der Waals surface area contributed by atoms with E-state index in [2.05, 4.69) is 21.6 Å². The fourth-order valence-electron chi connectivity index (χ4n) is 2.15. The number of benzene rings is 1. The van der Waals surface area contributed by atoms with E-state index in [1.807, 2.05) is 16.0 Å². The molecular weight excluding hydrogens is 366 g/mol. The number of hydrogen-bond acceptors (Lipinski definition) is 5. The number of aryl methyl sites for hydroxylation is 2. The Labute approximate surface area is 151 Å². The third kappa shape index (κ3) is 5.10. The number of halogens is 2. The number of carbonyl (C=O) groups excluding carboxylic acids is 1. The van der Waals surface area contributed by atoms with Crippen LogP contribution in [-0.4, -0.2) is 26.4 Å². The maximum atomic E-state index is 13.1. The van der Waals surface area contributed by atoms with Gasteiger partial charge in [0.2, 0.25) is 5.91 Å². The molecule has 0 aliphatic rings. The van der Waals surface area contributed by atoms with E-state index < -0.39 is 11.6 Å². The van der Waals surface area contributed by atoms with Crippen molar-refractivity contribution in [3.8, 4) is 0 Å². The first-order valence-corrected chi connectivity index (χ1v) is 9.25. The molecule has 1 N–H and O–H groups in total. The molecule has 2 aromatic heterocycles. The molecule has 5 nitrogen and oxygen atoms in total. The smallest absolute Gasteiger partial charge is 0.234 e. The molecule has 25 heavy (non-hydrogen) atoms. The van der Waals surface area contributed by atoms with Crippen molar-refractivity contribution >= 4 is 34.7 Å². The summed E-state index contributed by atoms with van der Waals surface area (Å²) in [6.07, 6.45) is 2.48. The third-order valence-corrected chi connectivity index (χ3v) is 5.15. The van der Waals surface area contributed by atoms with Gasteiger partial charge < -0.3 is 9.88 Å². The van der Waals surface area contributed by atoms with Crippen LogP contribution >= 0.6 is 23.1 Å². The van der Waals surface area contributed by atoms with Gasteiger partial charge in [-0.2, -0.15) is 0 Å². The highest BCUT2D eigenvalue weighted by Gasteiger charge is 2.10. The molecule has 0 saturated carbocycles. The fraction of sp³-hybridized carbons (Fsp3) is 0.188. The van der Waals surface area contributed by atoms with Crippen LogP contribution in [0.4, 0.5) is 14.5 Å². The topological polar surface area (TPSA) is 59.8 Å². The lowest BCUT2D eigenvalue weighted by Gasteiger charge is -2.07. The molecule has 0 radical (unpaired) electrons. The number of hydrogen-bond donors (Lipinski definition) is 1. The first kappa shape index (κ1) is 17.6. The molecule has 0 aliphatic heterocycles. The van der Waals surface area contributed by atoms with Crippen molar-refractivity contribution in [3.63, 3.8) is 0 Å². The molecule has 0 unspecified atom stereocenters. The molecule has 1 amide bonds. The molecule has 0 bridgehead atoms. The van der Waals surface area contributed by atoms with Gasteiger partial charge in [0.05, 0.1) is 5.75 Å². The summed E-state index contributed by atoms with van der Waals surface area (Å²) in [5.41, 5.74) is 0.0854. The van der Waals surface area contributed by atoms with E-state index in [1.165, 1.54) is 16.6 Å². The molecule has 0 spiro atoms. The van der Waals surface area contributed by atoms with E-state index in [4.69, 9.17) is 0 Å². The number of carbonyl (C=O) groups is 1. The standard InChI is InChI=1S/C16H14F2N4OS2/c17-11-6-12(18)8-13(7-11)20-15(23)9-25-16-21-19-10-22(16)4-3-14-2-1-5-24-14/h1-2,5-8,10H,3-4,9H2,(H,20,23). The van der Waals surface area contributed by atoms with Crippen LogP contribution in [0.3, 0.4) is 0 Å². The molecule has 130 valence electrons. The third-order valence-electron chi connectivity index (χ3n) is 3.24. The Morgan fingerprint density at radius 1 is 1.28 bits per heavy atom. The first-order valence-electron chi connectivity index (χ1n) is 7.39. The molecule has 3 rings (SSSR count). The van der Waals surface area contributed by atoms with Gasteiger partial charge in [-0.3, -0.25) is 4.79 Å². The molecule has 3 aromatic rings. The average molecular weight is 380 g/mol. The second-order valence-corrected chi connectivity index (χ2v) is 7.11. The summed E-state index contributed by atoms with van der Waals surface area (Å²) in [7, 11) is 0. The van der Waals surface area contributed by atoms with Crippen LogP contribution in [0.15, 0.2) is 47.2 Å². The molecule has 1 aromatic carbocycles. The predicted molar refractivity (Wildman–Crippen MR) is 93.8 cm³/mol. The maximum Gasteiger partial charge on any atom is 0.234 e. The van der Waals surface area contributed by atoms with Crippen LogP contribution in [0.25, 0.3) is 0 Å². The first-order chi connectivity index (χ1) is 12.1. The highest BCUT2D eigenvalue weighted by Crippen LogP contribution is 2.18. The average Bonchev–Trinajstić information content (AvgIpc) is 3.21. The Balaban J connectivity index is 1.53. The molecule has 0 fully saturated rings. The van der Waals surface area contributed by atoms with Gasteiger partial charge in [-0.05, 0) is 30.0 Å². The number of rotatable bonds is 7. The largest absolute Gasteiger partial charge is 0.325 e. The van der Waals surface area contributed by atoms with Crippen LogP contribution in [0.2, 0.25) is 0 Å². The van der Waals surface area contributed by atoms with Gasteiger partial charge in [0.15, 0.2) is 5.16 Å². The Kier molecular flexibility index (Phi) is 5.77. The Morgan fingerprint density at radius 2 is 2.08 bits per heavy atom. The summed E-state index contributed by atoms with van der Waals surface area (Å²) in [6, 6.07) is 6.94. The lowest BCUT2D eigenvalue weighted by Crippen LogP contribution is -2.15. The van der Waals surface area contributed by atoms with Crippen molar-refractivity contribution in [2.45, 2.75) is 18.1 Å². The SMILES string of the molecule is O=C(CSc1nncn1CCc1cccs1)Nc1cc(F)cc(F)c1. The van der Waals surface area contributed by atoms with Gasteiger partial charge in [-0.1, -0.05) is 17.8 Å². The molecule has 0 aliphatic carbocycles. The van der Waals surface area contributed by atoms with Gasteiger partial charge in [-0.15, -0.1) is 21.5 Å². The monoisotopic (exact) mass is 380 g/mol. The number of thiophene rings is 1. The maximum absolute atomic E-state index is 13.1. The summed E-state index contributed by atoms with van der Waals surface area (Å²) in [6.45, 7) is 0.715. The Bertz CT molecular complexity index is 831. The minimum absolute atomic E-state index is 0.0653. The highest BCUT2D eigenvalue weighted by molar-refractivity contribution is 7.99. The van der Waals surface area contributed by atoms with Crippen molar-refractivity contribution in [1.29, 1.82) is 0 Å². The molecule has 9 heteroatoms. The summed E-state index contributed by atoms with van der Waals surface area (Å²) in [5.74, 6) is -1.79. The van der Waals surface area contributed by atoms with Gasteiger partial charge in [-0.25, -0.2) is 8.78 Å². The molecule has 0 atom stereocenters. The van der Waals surface area contributed by atoms with Gasteiger partial charge in [0.25, 0.3) is 0 Å². The zero-order valence-electron chi connectivity index (χ0n) is 13.0. The number of nitrogens with zero attached hydrogens (tertiary/aromatic N) is 3. The molecule has 0 saturated heterocycles. The predicted octanol–water partition coefficient (Wildman–Crippen LogP) is 3.59. The number of amides is 1. The van der Waals surface area contributed by atoms with Crippen LogP contribution in [0.5, 0.6) is 0 Å². The van der Waals surface area contributed by atoms with Crippen molar-refractivity contribution < 1.29 is 13.6 Å². The number of nitrogens with one attached hydrogen (secondary N) is 1. The summed E-state index contributed by atoms with van der Waals surface area (Å²) in [4.78, 5) is 13.2. The zero-order valence-corrected chi connectivity index (χ0v) is 14.6. The number of anilines is 1. The fourth-order valence-corrected chi connectivity index (χ4v) is 3.59. The Hall–Kier alpha value is -2.26. The molecule has 2 heterocycles. The van der Waals surface area contributed by atoms with E-state index in [-0.39, 0.29) is 17.3 Å². The second-order valence-electron chi connectivity index (χ2n) is 5.13.